The first-order valence-electron chi connectivity index (χ1n) is 10.4. The molecule has 0 saturated carbocycles. The highest BCUT2D eigenvalue weighted by atomic mass is 16.2. The van der Waals surface area contributed by atoms with Crippen LogP contribution in [0.3, 0.4) is 0 Å². The Bertz CT molecular complexity index is 1060. The summed E-state index contributed by atoms with van der Waals surface area (Å²) in [5.74, 6) is -0.756. The van der Waals surface area contributed by atoms with Crippen LogP contribution in [0.4, 0.5) is 10.5 Å². The molecule has 1 aromatic heterocycles. The smallest absolute Gasteiger partial charge is 0.332 e. The van der Waals surface area contributed by atoms with Gasteiger partial charge in [-0.1, -0.05) is 0 Å². The Morgan fingerprint density at radius 1 is 0.933 bits per heavy atom. The number of anilines is 1. The fourth-order valence-electron chi connectivity index (χ4n) is 5.72. The normalized spacial score (nSPS) is 22.7. The highest BCUT2D eigenvalue weighted by Crippen LogP contribution is 2.49. The van der Waals surface area contributed by atoms with Crippen molar-refractivity contribution in [1.82, 2.24) is 14.4 Å². The van der Waals surface area contributed by atoms with Gasteiger partial charge in [0.25, 0.3) is 0 Å². The number of carbonyl (C=O) groups excluding carboxylic acids is 3. The van der Waals surface area contributed by atoms with Gasteiger partial charge >= 0.3 is 6.03 Å². The second-order valence-electron chi connectivity index (χ2n) is 8.77. The zero-order valence-electron chi connectivity index (χ0n) is 17.8. The van der Waals surface area contributed by atoms with Crippen LogP contribution < -0.4 is 4.90 Å². The van der Waals surface area contributed by atoms with Crippen LogP contribution in [0, 0.1) is 19.3 Å². The van der Waals surface area contributed by atoms with E-state index in [-0.39, 0.29) is 17.9 Å². The van der Waals surface area contributed by atoms with Gasteiger partial charge in [-0.15, -0.1) is 0 Å². The number of barbiturate groups is 1. The molecule has 4 heterocycles. The fourth-order valence-corrected chi connectivity index (χ4v) is 5.72. The fraction of sp³-hybridized carbons (Fsp3) is 0.435. The lowest BCUT2D eigenvalue weighted by molar-refractivity contribution is -0.159. The molecular weight excluding hydrogens is 380 g/mol. The molecule has 7 nitrogen and oxygen atoms in total. The molecule has 156 valence electrons. The van der Waals surface area contributed by atoms with Crippen molar-refractivity contribution in [1.29, 1.82) is 0 Å². The van der Waals surface area contributed by atoms with E-state index in [1.54, 1.807) is 0 Å². The van der Waals surface area contributed by atoms with Crippen LogP contribution in [-0.2, 0) is 16.0 Å². The molecule has 0 radical (unpaired) electrons. The van der Waals surface area contributed by atoms with E-state index in [9.17, 15) is 14.4 Å². The maximum Gasteiger partial charge on any atom is 0.332 e. The number of hydrogen-bond donors (Lipinski definition) is 0. The molecule has 0 N–H and O–H groups in total. The Morgan fingerprint density at radius 3 is 2.20 bits per heavy atom. The summed E-state index contributed by atoms with van der Waals surface area (Å²) in [5, 5.41) is 0. The number of nitrogens with zero attached hydrogens (tertiary/aromatic N) is 4. The Kier molecular flexibility index (Phi) is 3.91. The zero-order valence-corrected chi connectivity index (χ0v) is 17.8. The predicted molar refractivity (Wildman–Crippen MR) is 113 cm³/mol. The molecule has 1 aromatic carbocycles. The Labute approximate surface area is 175 Å². The van der Waals surface area contributed by atoms with Crippen LogP contribution in [0.1, 0.15) is 29.8 Å². The molecule has 30 heavy (non-hydrogen) atoms. The van der Waals surface area contributed by atoms with Gasteiger partial charge in [-0.2, -0.15) is 0 Å². The standard InChI is InChI=1S/C23H26N4O3/c1-14-7-8-15(2)27(14)17-9-10-18-16(12-17)13-23(19-6-5-11-26(18)19)20(28)24(3)22(30)25(4)21(23)29/h7-10,12,19H,5-6,11,13H2,1-4H3/t19-/m0/s1. The van der Waals surface area contributed by atoms with Gasteiger partial charge in [-0.25, -0.2) is 4.79 Å². The van der Waals surface area contributed by atoms with Crippen LogP contribution in [0.5, 0.6) is 0 Å². The van der Waals surface area contributed by atoms with Gasteiger partial charge in [0.15, 0.2) is 5.41 Å². The van der Waals surface area contributed by atoms with Gasteiger partial charge in [0.05, 0.1) is 6.04 Å². The summed E-state index contributed by atoms with van der Waals surface area (Å²) in [4.78, 5) is 43.8. The van der Waals surface area contributed by atoms with Crippen molar-refractivity contribution < 1.29 is 14.4 Å². The predicted octanol–water partition coefficient (Wildman–Crippen LogP) is 2.66. The van der Waals surface area contributed by atoms with E-state index in [4.69, 9.17) is 0 Å². The second-order valence-corrected chi connectivity index (χ2v) is 8.77. The van der Waals surface area contributed by atoms with Gasteiger partial charge in [-0.05, 0) is 69.0 Å². The molecule has 2 saturated heterocycles. The summed E-state index contributed by atoms with van der Waals surface area (Å²) in [7, 11) is 2.96. The molecule has 2 fully saturated rings. The van der Waals surface area contributed by atoms with Crippen LogP contribution in [0.2, 0.25) is 0 Å². The molecular formula is C23H26N4O3. The molecule has 0 unspecified atom stereocenters. The number of hydrogen-bond acceptors (Lipinski definition) is 4. The van der Waals surface area contributed by atoms with Crippen molar-refractivity contribution in [2.75, 3.05) is 25.5 Å². The van der Waals surface area contributed by atoms with E-state index in [0.717, 1.165) is 57.5 Å². The highest BCUT2D eigenvalue weighted by molar-refractivity contribution is 6.20. The van der Waals surface area contributed by atoms with Gasteiger partial charge < -0.3 is 9.47 Å². The minimum absolute atomic E-state index is 0.219. The van der Waals surface area contributed by atoms with Crippen LogP contribution in [-0.4, -0.2) is 58.9 Å². The third kappa shape index (κ3) is 2.23. The topological polar surface area (TPSA) is 65.9 Å². The minimum atomic E-state index is -1.25. The summed E-state index contributed by atoms with van der Waals surface area (Å²) in [6.07, 6.45) is 2.01. The molecule has 7 heteroatoms. The van der Waals surface area contributed by atoms with E-state index >= 15 is 0 Å². The zero-order chi connectivity index (χ0) is 21.4. The Morgan fingerprint density at radius 2 is 1.57 bits per heavy atom. The molecule has 1 atom stereocenters. The number of rotatable bonds is 1. The van der Waals surface area contributed by atoms with E-state index in [0.29, 0.717) is 6.42 Å². The van der Waals surface area contributed by atoms with E-state index in [1.165, 1.54) is 14.1 Å². The lowest BCUT2D eigenvalue weighted by Gasteiger charge is -2.50. The second kappa shape index (κ2) is 6.20. The van der Waals surface area contributed by atoms with Crippen LogP contribution >= 0.6 is 0 Å². The first-order valence-corrected chi connectivity index (χ1v) is 10.4. The van der Waals surface area contributed by atoms with E-state index in [1.807, 2.05) is 0 Å². The van der Waals surface area contributed by atoms with Crippen molar-refractivity contribution in [3.05, 3.63) is 47.3 Å². The number of aromatic nitrogens is 1. The quantitative estimate of drug-likeness (QED) is 0.683. The molecule has 4 amide bonds. The summed E-state index contributed by atoms with van der Waals surface area (Å²) in [5.41, 5.74) is 4.11. The van der Waals surface area contributed by atoms with Crippen molar-refractivity contribution in [2.45, 2.75) is 39.2 Å². The maximum atomic E-state index is 13.5. The summed E-state index contributed by atoms with van der Waals surface area (Å²) in [6, 6.07) is 9.71. The van der Waals surface area contributed by atoms with Crippen LogP contribution in [0.15, 0.2) is 30.3 Å². The van der Waals surface area contributed by atoms with Crippen molar-refractivity contribution in [3.63, 3.8) is 0 Å². The Balaban J connectivity index is 1.69. The SMILES string of the molecule is Cc1ccc(C)n1-c1ccc2c(c1)CC1(C(=O)N(C)C(=O)N(C)C1=O)[C@@H]1CCCN21. The lowest BCUT2D eigenvalue weighted by Crippen LogP contribution is -2.70. The van der Waals surface area contributed by atoms with Gasteiger partial charge in [0.2, 0.25) is 11.8 Å². The number of amides is 4. The maximum absolute atomic E-state index is 13.5. The molecule has 0 aliphatic carbocycles. The summed E-state index contributed by atoms with van der Waals surface area (Å²) in [6.45, 7) is 4.94. The lowest BCUT2D eigenvalue weighted by atomic mass is 9.68. The average Bonchev–Trinajstić information content (AvgIpc) is 3.36. The van der Waals surface area contributed by atoms with Crippen molar-refractivity contribution in [2.24, 2.45) is 5.41 Å². The minimum Gasteiger partial charge on any atom is -0.367 e. The van der Waals surface area contributed by atoms with Crippen molar-refractivity contribution in [3.8, 4) is 5.69 Å². The Hall–Kier alpha value is -3.09. The molecule has 2 aromatic rings. The number of imide groups is 2. The summed E-state index contributed by atoms with van der Waals surface area (Å²) >= 11 is 0. The van der Waals surface area contributed by atoms with Crippen LogP contribution in [0.25, 0.3) is 5.69 Å². The van der Waals surface area contributed by atoms with Gasteiger partial charge in [-0.3, -0.25) is 19.4 Å². The number of aryl methyl sites for hydroxylation is 2. The number of benzene rings is 1. The molecule has 3 aliphatic heterocycles. The largest absolute Gasteiger partial charge is 0.367 e. The van der Waals surface area contributed by atoms with Gasteiger partial charge in [0, 0.05) is 43.4 Å². The molecule has 3 aliphatic rings. The average molecular weight is 406 g/mol. The molecule has 1 spiro atoms. The van der Waals surface area contributed by atoms with Gasteiger partial charge in [0.1, 0.15) is 0 Å². The number of carbonyl (C=O) groups is 3. The first kappa shape index (κ1) is 18.9. The molecule has 5 rings (SSSR count). The monoisotopic (exact) mass is 406 g/mol. The third-order valence-electron chi connectivity index (χ3n) is 7.14. The first-order chi connectivity index (χ1) is 14.3. The van der Waals surface area contributed by atoms with Crippen molar-refractivity contribution >= 4 is 23.5 Å². The number of fused-ring (bicyclic) bond motifs is 4. The third-order valence-corrected chi connectivity index (χ3v) is 7.14. The molecule has 0 bridgehead atoms. The highest BCUT2D eigenvalue weighted by Gasteiger charge is 2.63. The number of urea groups is 1. The van der Waals surface area contributed by atoms with E-state index in [2.05, 4.69) is 53.6 Å². The van der Waals surface area contributed by atoms with E-state index < -0.39 is 11.4 Å². The summed E-state index contributed by atoms with van der Waals surface area (Å²) < 4.78 is 2.18.